The molecule has 1 aliphatic carbocycles. The van der Waals surface area contributed by atoms with Crippen LogP contribution in [0.4, 0.5) is 0 Å². The quantitative estimate of drug-likeness (QED) is 0.751. The number of hydrogen-bond acceptors (Lipinski definition) is 4. The van der Waals surface area contributed by atoms with Gasteiger partial charge in [-0.05, 0) is 18.4 Å². The van der Waals surface area contributed by atoms with Crippen LogP contribution in [0.1, 0.15) is 34.7 Å². The zero-order chi connectivity index (χ0) is 14.7. The Morgan fingerprint density at radius 3 is 3.14 bits per heavy atom. The average molecular weight is 309 g/mol. The summed E-state index contributed by atoms with van der Waals surface area (Å²) in [6.45, 7) is 0. The van der Waals surface area contributed by atoms with Crippen LogP contribution >= 0.6 is 11.3 Å². The summed E-state index contributed by atoms with van der Waals surface area (Å²) in [5.41, 5.74) is 6.62. The van der Waals surface area contributed by atoms with Gasteiger partial charge in [-0.25, -0.2) is 9.97 Å². The van der Waals surface area contributed by atoms with Gasteiger partial charge in [0.05, 0.1) is 46.4 Å². The normalized spacial score (nSPS) is 25.6. The second-order valence-corrected chi connectivity index (χ2v) is 6.92. The molecule has 0 radical (unpaired) electrons. The number of aliphatic hydroxyl groups excluding tert-OH is 1. The van der Waals surface area contributed by atoms with E-state index in [0.29, 0.717) is 0 Å². The van der Waals surface area contributed by atoms with Crippen molar-refractivity contribution in [3.63, 3.8) is 0 Å². The third-order valence-corrected chi connectivity index (χ3v) is 5.93. The zero-order valence-corrected chi connectivity index (χ0v) is 12.7. The molecule has 2 aromatic heterocycles. The van der Waals surface area contributed by atoms with Crippen molar-refractivity contribution in [2.75, 3.05) is 0 Å². The number of aromatic nitrogens is 3. The van der Waals surface area contributed by atoms with Crippen LogP contribution in [0.3, 0.4) is 0 Å². The third-order valence-electron chi connectivity index (χ3n) is 4.99. The first-order chi connectivity index (χ1) is 10.8. The Balaban J connectivity index is 1.65. The van der Waals surface area contributed by atoms with Gasteiger partial charge >= 0.3 is 0 Å². The maximum absolute atomic E-state index is 10.9. The Bertz CT molecular complexity index is 853. The monoisotopic (exact) mass is 309 g/mol. The van der Waals surface area contributed by atoms with Crippen molar-refractivity contribution in [3.8, 4) is 11.3 Å². The van der Waals surface area contributed by atoms with E-state index >= 15 is 0 Å². The molecule has 1 N–H and O–H groups in total. The summed E-state index contributed by atoms with van der Waals surface area (Å²) < 4.78 is 2.23. The molecule has 3 heterocycles. The molecule has 22 heavy (non-hydrogen) atoms. The van der Waals surface area contributed by atoms with Gasteiger partial charge in [-0.3, -0.25) is 0 Å². The van der Waals surface area contributed by atoms with E-state index in [1.54, 1.807) is 11.3 Å². The lowest BCUT2D eigenvalue weighted by atomic mass is 9.80. The fourth-order valence-corrected chi connectivity index (χ4v) is 4.90. The maximum Gasteiger partial charge on any atom is 0.0956 e. The van der Waals surface area contributed by atoms with E-state index in [0.717, 1.165) is 29.1 Å². The fraction of sp³-hybridized carbons (Fsp3) is 0.294. The van der Waals surface area contributed by atoms with Crippen molar-refractivity contribution in [3.05, 3.63) is 58.4 Å². The van der Waals surface area contributed by atoms with Crippen LogP contribution in [0.2, 0.25) is 0 Å². The second kappa shape index (κ2) is 4.51. The van der Waals surface area contributed by atoms with E-state index in [4.69, 9.17) is 0 Å². The van der Waals surface area contributed by atoms with Crippen molar-refractivity contribution >= 4 is 11.3 Å². The first-order valence-corrected chi connectivity index (χ1v) is 8.44. The van der Waals surface area contributed by atoms with Crippen LogP contribution in [0, 0.1) is 5.92 Å². The largest absolute Gasteiger partial charge is 0.387 e. The standard InChI is InChI=1S/C17H15N3OS/c21-16-12(5-6-13-17(16)22-9-19-13)15-11-4-2-1-3-10(11)14-7-18-8-20(14)15/h1-4,7-9,12,15-16,21H,5-6H2/t12-,15+,16-/m0/s1. The van der Waals surface area contributed by atoms with Gasteiger partial charge in [0.25, 0.3) is 0 Å². The van der Waals surface area contributed by atoms with Crippen molar-refractivity contribution in [2.45, 2.75) is 25.0 Å². The van der Waals surface area contributed by atoms with Gasteiger partial charge in [0.1, 0.15) is 0 Å². The highest BCUT2D eigenvalue weighted by Crippen LogP contribution is 2.50. The van der Waals surface area contributed by atoms with E-state index < -0.39 is 6.10 Å². The summed E-state index contributed by atoms with van der Waals surface area (Å²) in [7, 11) is 0. The average Bonchev–Trinajstić information content (AvgIpc) is 3.23. The molecule has 5 rings (SSSR count). The molecule has 4 nitrogen and oxygen atoms in total. The van der Waals surface area contributed by atoms with Gasteiger partial charge < -0.3 is 9.67 Å². The van der Waals surface area contributed by atoms with Crippen LogP contribution in [-0.4, -0.2) is 19.6 Å². The summed E-state index contributed by atoms with van der Waals surface area (Å²) >= 11 is 1.57. The van der Waals surface area contributed by atoms with Crippen LogP contribution < -0.4 is 0 Å². The van der Waals surface area contributed by atoms with E-state index in [9.17, 15) is 5.11 Å². The lowest BCUT2D eigenvalue weighted by molar-refractivity contribution is 0.0748. The number of aliphatic hydroxyl groups is 1. The minimum absolute atomic E-state index is 0.166. The van der Waals surface area contributed by atoms with Crippen LogP contribution in [0.5, 0.6) is 0 Å². The maximum atomic E-state index is 10.9. The minimum atomic E-state index is -0.442. The Morgan fingerprint density at radius 2 is 2.18 bits per heavy atom. The molecule has 3 aromatic rings. The van der Waals surface area contributed by atoms with Crippen LogP contribution in [0.25, 0.3) is 11.3 Å². The molecule has 1 aliphatic heterocycles. The lowest BCUT2D eigenvalue weighted by Gasteiger charge is -2.33. The molecule has 0 amide bonds. The zero-order valence-electron chi connectivity index (χ0n) is 11.9. The molecule has 0 bridgehead atoms. The molecule has 5 heteroatoms. The van der Waals surface area contributed by atoms with Gasteiger partial charge in [-0.15, -0.1) is 11.3 Å². The highest BCUT2D eigenvalue weighted by molar-refractivity contribution is 7.09. The first-order valence-electron chi connectivity index (χ1n) is 7.56. The molecule has 1 aromatic carbocycles. The van der Waals surface area contributed by atoms with Crippen molar-refractivity contribution in [1.29, 1.82) is 0 Å². The van der Waals surface area contributed by atoms with Crippen LogP contribution in [0.15, 0.2) is 42.3 Å². The number of fused-ring (bicyclic) bond motifs is 4. The van der Waals surface area contributed by atoms with E-state index in [-0.39, 0.29) is 12.0 Å². The number of hydrogen-bond donors (Lipinski definition) is 1. The van der Waals surface area contributed by atoms with Crippen molar-refractivity contribution in [2.24, 2.45) is 5.92 Å². The van der Waals surface area contributed by atoms with Crippen molar-refractivity contribution in [1.82, 2.24) is 14.5 Å². The first kappa shape index (κ1) is 12.6. The van der Waals surface area contributed by atoms with E-state index in [2.05, 4.69) is 38.8 Å². The highest BCUT2D eigenvalue weighted by atomic mass is 32.1. The summed E-state index contributed by atoms with van der Waals surface area (Å²) in [6, 6.07) is 8.65. The molecule has 110 valence electrons. The second-order valence-electron chi connectivity index (χ2n) is 6.03. The highest BCUT2D eigenvalue weighted by Gasteiger charge is 2.41. The molecular weight excluding hydrogens is 294 g/mol. The number of imidazole rings is 1. The molecule has 0 saturated carbocycles. The van der Waals surface area contributed by atoms with Crippen molar-refractivity contribution < 1.29 is 5.11 Å². The molecule has 0 spiro atoms. The SMILES string of the molecule is O[C@@H]1c2scnc2CC[C@H]1[C@H]1c2ccccc2-c2cncn21. The van der Waals surface area contributed by atoms with Gasteiger partial charge in [0.2, 0.25) is 0 Å². The number of aryl methyl sites for hydroxylation is 1. The molecule has 2 aliphatic rings. The summed E-state index contributed by atoms with van der Waals surface area (Å²) in [6.07, 6.45) is 5.28. The predicted molar refractivity (Wildman–Crippen MR) is 84.7 cm³/mol. The Kier molecular flexibility index (Phi) is 2.57. The Morgan fingerprint density at radius 1 is 1.27 bits per heavy atom. The Labute approximate surface area is 132 Å². The summed E-state index contributed by atoms with van der Waals surface area (Å²) in [5.74, 6) is 0.171. The smallest absolute Gasteiger partial charge is 0.0956 e. The molecule has 0 saturated heterocycles. The summed E-state index contributed by atoms with van der Waals surface area (Å²) in [5, 5.41) is 10.9. The minimum Gasteiger partial charge on any atom is -0.387 e. The Hall–Kier alpha value is -1.98. The van der Waals surface area contributed by atoms with Gasteiger partial charge in [0.15, 0.2) is 0 Å². The third kappa shape index (κ3) is 1.55. The molecular formula is C17H15N3OS. The number of benzene rings is 1. The molecule has 3 atom stereocenters. The topological polar surface area (TPSA) is 50.9 Å². The molecule has 0 fully saturated rings. The summed E-state index contributed by atoms with van der Waals surface area (Å²) in [4.78, 5) is 9.75. The number of nitrogens with zero attached hydrogens (tertiary/aromatic N) is 3. The van der Waals surface area contributed by atoms with Gasteiger partial charge in [-0.2, -0.15) is 0 Å². The van der Waals surface area contributed by atoms with Gasteiger partial charge in [-0.1, -0.05) is 24.3 Å². The number of rotatable bonds is 1. The van der Waals surface area contributed by atoms with Gasteiger partial charge in [0, 0.05) is 11.5 Å². The lowest BCUT2D eigenvalue weighted by Crippen LogP contribution is -2.27. The number of thiazole rings is 1. The molecule has 0 unspecified atom stereocenters. The fourth-order valence-electron chi connectivity index (χ4n) is 4.00. The predicted octanol–water partition coefficient (Wildman–Crippen LogP) is 3.21. The van der Waals surface area contributed by atoms with E-state index in [1.807, 2.05) is 18.0 Å². The van der Waals surface area contributed by atoms with Crippen LogP contribution in [-0.2, 0) is 6.42 Å². The van der Waals surface area contributed by atoms with E-state index in [1.165, 1.54) is 11.1 Å².